The van der Waals surface area contributed by atoms with E-state index in [0.717, 1.165) is 17.7 Å². The molecule has 9 heteroatoms. The summed E-state index contributed by atoms with van der Waals surface area (Å²) < 4.78 is 10.4. The Morgan fingerprint density at radius 2 is 2.15 bits per heavy atom. The van der Waals surface area contributed by atoms with Crippen LogP contribution in [-0.2, 0) is 11.2 Å². The standard InChI is InChI=1S/C17H18N6O3/c1-10-13(11(2)25-21-10)7-15(24)23-6-3-12(9-23)16-20-17(26-22-16)14-8-18-4-5-19-14/h4-5,8,12H,3,6-7,9H2,1-2H3. The molecule has 3 aromatic heterocycles. The van der Waals surface area contributed by atoms with Crippen LogP contribution in [-0.4, -0.2) is 49.2 Å². The van der Waals surface area contributed by atoms with Crippen molar-refractivity contribution in [2.24, 2.45) is 0 Å². The summed E-state index contributed by atoms with van der Waals surface area (Å²) in [6.45, 7) is 4.91. The number of carbonyl (C=O) groups excluding carboxylic acids is 1. The van der Waals surface area contributed by atoms with E-state index < -0.39 is 0 Å². The summed E-state index contributed by atoms with van der Waals surface area (Å²) in [7, 11) is 0. The average molecular weight is 354 g/mol. The lowest BCUT2D eigenvalue weighted by molar-refractivity contribution is -0.129. The van der Waals surface area contributed by atoms with Gasteiger partial charge >= 0.3 is 0 Å². The van der Waals surface area contributed by atoms with Crippen molar-refractivity contribution in [2.45, 2.75) is 32.6 Å². The van der Waals surface area contributed by atoms with Crippen LogP contribution in [0.5, 0.6) is 0 Å². The van der Waals surface area contributed by atoms with Crippen LogP contribution in [0.2, 0.25) is 0 Å². The third-order valence-corrected chi connectivity index (χ3v) is 4.64. The van der Waals surface area contributed by atoms with E-state index in [-0.39, 0.29) is 11.8 Å². The van der Waals surface area contributed by atoms with Crippen molar-refractivity contribution in [3.8, 4) is 11.6 Å². The van der Waals surface area contributed by atoms with Gasteiger partial charge in [-0.1, -0.05) is 10.3 Å². The molecule has 9 nitrogen and oxygen atoms in total. The van der Waals surface area contributed by atoms with E-state index in [2.05, 4.69) is 25.3 Å². The Morgan fingerprint density at radius 1 is 1.27 bits per heavy atom. The number of carbonyl (C=O) groups is 1. The zero-order valence-corrected chi connectivity index (χ0v) is 14.5. The van der Waals surface area contributed by atoms with Crippen molar-refractivity contribution < 1.29 is 13.8 Å². The number of nitrogens with zero attached hydrogens (tertiary/aromatic N) is 6. The van der Waals surface area contributed by atoms with E-state index in [4.69, 9.17) is 9.05 Å². The summed E-state index contributed by atoms with van der Waals surface area (Å²) >= 11 is 0. The number of aryl methyl sites for hydroxylation is 2. The van der Waals surface area contributed by atoms with Gasteiger partial charge in [-0.3, -0.25) is 9.78 Å². The second-order valence-corrected chi connectivity index (χ2v) is 6.35. The molecule has 1 atom stereocenters. The van der Waals surface area contributed by atoms with Crippen LogP contribution < -0.4 is 0 Å². The fourth-order valence-electron chi connectivity index (χ4n) is 3.13. The van der Waals surface area contributed by atoms with Gasteiger partial charge in [0.1, 0.15) is 11.5 Å². The summed E-state index contributed by atoms with van der Waals surface area (Å²) in [5, 5.41) is 7.96. The Kier molecular flexibility index (Phi) is 4.19. The van der Waals surface area contributed by atoms with Gasteiger partial charge in [0.15, 0.2) is 5.82 Å². The molecule has 1 saturated heterocycles. The molecule has 1 aliphatic rings. The minimum absolute atomic E-state index is 0.0535. The summed E-state index contributed by atoms with van der Waals surface area (Å²) in [4.78, 5) is 27.0. The molecule has 0 aromatic carbocycles. The van der Waals surface area contributed by atoms with Crippen molar-refractivity contribution in [3.63, 3.8) is 0 Å². The molecule has 0 radical (unpaired) electrons. The van der Waals surface area contributed by atoms with Gasteiger partial charge in [0, 0.05) is 37.0 Å². The molecule has 134 valence electrons. The fraction of sp³-hybridized carbons (Fsp3) is 0.412. The minimum Gasteiger partial charge on any atom is -0.361 e. The van der Waals surface area contributed by atoms with Crippen molar-refractivity contribution in [2.75, 3.05) is 13.1 Å². The monoisotopic (exact) mass is 354 g/mol. The number of hydrogen-bond acceptors (Lipinski definition) is 8. The molecule has 26 heavy (non-hydrogen) atoms. The van der Waals surface area contributed by atoms with Gasteiger partial charge in [0.25, 0.3) is 5.89 Å². The molecule has 3 aromatic rings. The quantitative estimate of drug-likeness (QED) is 0.696. The molecule has 0 aliphatic carbocycles. The molecule has 4 heterocycles. The molecule has 1 amide bonds. The van der Waals surface area contributed by atoms with Crippen LogP contribution in [0.15, 0.2) is 27.6 Å². The molecule has 0 N–H and O–H groups in total. The molecule has 1 unspecified atom stereocenters. The van der Waals surface area contributed by atoms with E-state index in [9.17, 15) is 4.79 Å². The van der Waals surface area contributed by atoms with Crippen LogP contribution in [0.3, 0.4) is 0 Å². The lowest BCUT2D eigenvalue weighted by Crippen LogP contribution is -2.30. The molecule has 0 bridgehead atoms. The largest absolute Gasteiger partial charge is 0.361 e. The highest BCUT2D eigenvalue weighted by atomic mass is 16.5. The lowest BCUT2D eigenvalue weighted by atomic mass is 10.1. The second-order valence-electron chi connectivity index (χ2n) is 6.35. The van der Waals surface area contributed by atoms with Crippen LogP contribution in [0.1, 0.15) is 35.2 Å². The first-order chi connectivity index (χ1) is 12.6. The Balaban J connectivity index is 1.42. The highest BCUT2D eigenvalue weighted by Crippen LogP contribution is 2.27. The van der Waals surface area contributed by atoms with E-state index in [1.54, 1.807) is 18.6 Å². The molecule has 4 rings (SSSR count). The fourth-order valence-corrected chi connectivity index (χ4v) is 3.13. The summed E-state index contributed by atoms with van der Waals surface area (Å²) in [6, 6.07) is 0. The highest BCUT2D eigenvalue weighted by Gasteiger charge is 2.31. The van der Waals surface area contributed by atoms with Crippen LogP contribution >= 0.6 is 0 Å². The maximum absolute atomic E-state index is 12.6. The summed E-state index contributed by atoms with van der Waals surface area (Å²) in [5.41, 5.74) is 2.16. The van der Waals surface area contributed by atoms with Crippen molar-refractivity contribution in [1.29, 1.82) is 0 Å². The first-order valence-electron chi connectivity index (χ1n) is 8.41. The maximum atomic E-state index is 12.6. The number of rotatable bonds is 4. The molecular weight excluding hydrogens is 336 g/mol. The van der Waals surface area contributed by atoms with Crippen LogP contribution in [0.4, 0.5) is 0 Å². The minimum atomic E-state index is 0.0535. The normalized spacial score (nSPS) is 17.0. The predicted octanol–water partition coefficient (Wildman–Crippen LogP) is 1.69. The summed E-state index contributed by atoms with van der Waals surface area (Å²) in [5.74, 6) is 1.74. The van der Waals surface area contributed by atoms with Crippen LogP contribution in [0, 0.1) is 13.8 Å². The van der Waals surface area contributed by atoms with Gasteiger partial charge < -0.3 is 13.9 Å². The van der Waals surface area contributed by atoms with E-state index >= 15 is 0 Å². The molecule has 0 saturated carbocycles. The van der Waals surface area contributed by atoms with Crippen molar-refractivity contribution >= 4 is 5.91 Å². The Bertz CT molecular complexity index is 900. The molecule has 0 spiro atoms. The molecule has 1 aliphatic heterocycles. The van der Waals surface area contributed by atoms with Crippen LogP contribution in [0.25, 0.3) is 11.6 Å². The van der Waals surface area contributed by atoms with Crippen molar-refractivity contribution in [1.82, 2.24) is 30.2 Å². The van der Waals surface area contributed by atoms with E-state index in [0.29, 0.717) is 42.7 Å². The SMILES string of the molecule is Cc1noc(C)c1CC(=O)N1CCC(c2noc(-c3cnccn3)n2)C1. The van der Waals surface area contributed by atoms with Crippen molar-refractivity contribution in [3.05, 3.63) is 41.4 Å². The number of amides is 1. The number of likely N-dealkylation sites (tertiary alicyclic amines) is 1. The smallest absolute Gasteiger partial charge is 0.278 e. The Morgan fingerprint density at radius 3 is 2.88 bits per heavy atom. The number of aromatic nitrogens is 5. The van der Waals surface area contributed by atoms with Gasteiger partial charge in [-0.05, 0) is 20.3 Å². The highest BCUT2D eigenvalue weighted by molar-refractivity contribution is 5.79. The van der Waals surface area contributed by atoms with Gasteiger partial charge in [-0.15, -0.1) is 0 Å². The van der Waals surface area contributed by atoms with Gasteiger partial charge in [-0.25, -0.2) is 4.98 Å². The first-order valence-corrected chi connectivity index (χ1v) is 8.41. The van der Waals surface area contributed by atoms with E-state index in [1.807, 2.05) is 18.7 Å². The van der Waals surface area contributed by atoms with E-state index in [1.165, 1.54) is 0 Å². The zero-order chi connectivity index (χ0) is 18.1. The Labute approximate surface area is 149 Å². The topological polar surface area (TPSA) is 111 Å². The third kappa shape index (κ3) is 3.07. The average Bonchev–Trinajstić information content (AvgIpc) is 3.38. The zero-order valence-electron chi connectivity index (χ0n) is 14.5. The summed E-state index contributed by atoms with van der Waals surface area (Å²) in [6.07, 6.45) is 5.83. The third-order valence-electron chi connectivity index (χ3n) is 4.64. The first kappa shape index (κ1) is 16.4. The lowest BCUT2D eigenvalue weighted by Gasteiger charge is -2.15. The van der Waals surface area contributed by atoms with Gasteiger partial charge in [0.2, 0.25) is 5.91 Å². The van der Waals surface area contributed by atoms with Gasteiger partial charge in [0.05, 0.1) is 18.3 Å². The predicted molar refractivity (Wildman–Crippen MR) is 88.9 cm³/mol. The maximum Gasteiger partial charge on any atom is 0.278 e. The van der Waals surface area contributed by atoms with Gasteiger partial charge in [-0.2, -0.15) is 4.98 Å². The number of hydrogen-bond donors (Lipinski definition) is 0. The molecule has 1 fully saturated rings. The second kappa shape index (κ2) is 6.66. The molecular formula is C17H18N6O3. The Hall–Kier alpha value is -3.10.